The molecule has 0 amide bonds. The van der Waals surface area contributed by atoms with E-state index in [9.17, 15) is 5.11 Å². The number of hydrogen-bond donors (Lipinski definition) is 1. The Labute approximate surface area is 137 Å². The van der Waals surface area contributed by atoms with Gasteiger partial charge in [-0.25, -0.2) is 9.97 Å². The molecule has 1 aliphatic heterocycles. The Morgan fingerprint density at radius 2 is 2.13 bits per heavy atom. The van der Waals surface area contributed by atoms with Crippen molar-refractivity contribution in [1.29, 1.82) is 0 Å². The molecular weight excluding hydrogens is 290 g/mol. The highest BCUT2D eigenvalue weighted by molar-refractivity contribution is 5.46. The number of methoxy groups -OCH3 is 1. The van der Waals surface area contributed by atoms with Gasteiger partial charge >= 0.3 is 0 Å². The van der Waals surface area contributed by atoms with Crippen LogP contribution in [-0.4, -0.2) is 34.8 Å². The van der Waals surface area contributed by atoms with Gasteiger partial charge in [0.15, 0.2) is 0 Å². The zero-order valence-corrected chi connectivity index (χ0v) is 13.9. The standard InChI is InChI=1S/C18H23N3O2/c1-4-17-19-12(2)8-18(20-17)21-11-14(22)10-16(21)13-6-5-7-15(9-13)23-3/h5-9,14,16,22H,4,10-11H2,1-3H3/t14-,16-/m0/s1. The van der Waals surface area contributed by atoms with Gasteiger partial charge in [0.1, 0.15) is 17.4 Å². The molecule has 0 aliphatic carbocycles. The van der Waals surface area contributed by atoms with Crippen molar-refractivity contribution in [2.45, 2.75) is 38.8 Å². The lowest BCUT2D eigenvalue weighted by Gasteiger charge is -2.26. The lowest BCUT2D eigenvalue weighted by Crippen LogP contribution is -2.26. The maximum atomic E-state index is 10.2. The predicted octanol–water partition coefficient (Wildman–Crippen LogP) is 2.67. The zero-order valence-electron chi connectivity index (χ0n) is 13.9. The molecule has 1 aromatic heterocycles. The van der Waals surface area contributed by atoms with Crippen molar-refractivity contribution in [3.63, 3.8) is 0 Å². The molecule has 2 heterocycles. The lowest BCUT2D eigenvalue weighted by molar-refractivity contribution is 0.194. The van der Waals surface area contributed by atoms with E-state index in [4.69, 9.17) is 4.74 Å². The second-order valence-corrected chi connectivity index (χ2v) is 5.97. The third kappa shape index (κ3) is 3.29. The number of benzene rings is 1. The number of aromatic nitrogens is 2. The van der Waals surface area contributed by atoms with Crippen LogP contribution in [0, 0.1) is 6.92 Å². The largest absolute Gasteiger partial charge is 0.497 e. The van der Waals surface area contributed by atoms with Gasteiger partial charge in [0.25, 0.3) is 0 Å². The van der Waals surface area contributed by atoms with Crippen molar-refractivity contribution in [2.75, 3.05) is 18.6 Å². The van der Waals surface area contributed by atoms with Crippen LogP contribution in [0.1, 0.15) is 36.5 Å². The van der Waals surface area contributed by atoms with Gasteiger partial charge in [0, 0.05) is 24.7 Å². The summed E-state index contributed by atoms with van der Waals surface area (Å²) in [6, 6.07) is 10.1. The average molecular weight is 313 g/mol. The van der Waals surface area contributed by atoms with Crippen LogP contribution in [0.3, 0.4) is 0 Å². The number of aliphatic hydroxyl groups excluding tert-OH is 1. The molecule has 1 aromatic carbocycles. The summed E-state index contributed by atoms with van der Waals surface area (Å²) in [6.45, 7) is 4.62. The minimum Gasteiger partial charge on any atom is -0.497 e. The molecule has 2 aromatic rings. The summed E-state index contributed by atoms with van der Waals surface area (Å²) < 4.78 is 5.33. The average Bonchev–Trinajstić information content (AvgIpc) is 2.96. The van der Waals surface area contributed by atoms with Gasteiger partial charge in [-0.05, 0) is 31.0 Å². The molecule has 0 bridgehead atoms. The summed E-state index contributed by atoms with van der Waals surface area (Å²) in [5.41, 5.74) is 2.09. The maximum absolute atomic E-state index is 10.2. The first-order valence-corrected chi connectivity index (χ1v) is 8.04. The highest BCUT2D eigenvalue weighted by Crippen LogP contribution is 2.36. The highest BCUT2D eigenvalue weighted by Gasteiger charge is 2.33. The third-order valence-electron chi connectivity index (χ3n) is 4.26. The normalized spacial score (nSPS) is 20.8. The van der Waals surface area contributed by atoms with E-state index in [-0.39, 0.29) is 12.1 Å². The van der Waals surface area contributed by atoms with Gasteiger partial charge in [0.2, 0.25) is 0 Å². The zero-order chi connectivity index (χ0) is 16.4. The first-order valence-electron chi connectivity index (χ1n) is 8.04. The smallest absolute Gasteiger partial charge is 0.133 e. The van der Waals surface area contributed by atoms with Gasteiger partial charge in [-0.2, -0.15) is 0 Å². The maximum Gasteiger partial charge on any atom is 0.133 e. The van der Waals surface area contributed by atoms with E-state index >= 15 is 0 Å². The number of aryl methyl sites for hydroxylation is 2. The molecule has 1 N–H and O–H groups in total. The van der Waals surface area contributed by atoms with Crippen LogP contribution in [0.2, 0.25) is 0 Å². The van der Waals surface area contributed by atoms with Crippen LogP contribution in [0.25, 0.3) is 0 Å². The number of β-amino-alcohol motifs (C(OH)–C–C–N with tert-alkyl or cyclic N) is 1. The fourth-order valence-electron chi connectivity index (χ4n) is 3.15. The minimum atomic E-state index is -0.355. The van der Waals surface area contributed by atoms with Crippen molar-refractivity contribution in [3.8, 4) is 5.75 Å². The number of ether oxygens (including phenoxy) is 1. The molecule has 5 heteroatoms. The molecule has 0 radical (unpaired) electrons. The molecule has 23 heavy (non-hydrogen) atoms. The van der Waals surface area contributed by atoms with Crippen molar-refractivity contribution < 1.29 is 9.84 Å². The summed E-state index contributed by atoms with van der Waals surface area (Å²) in [4.78, 5) is 11.3. The van der Waals surface area contributed by atoms with Gasteiger partial charge < -0.3 is 14.7 Å². The molecule has 5 nitrogen and oxygen atoms in total. The topological polar surface area (TPSA) is 58.5 Å². The van der Waals surface area contributed by atoms with Gasteiger partial charge in [-0.1, -0.05) is 19.1 Å². The van der Waals surface area contributed by atoms with E-state index in [0.29, 0.717) is 13.0 Å². The van der Waals surface area contributed by atoms with Crippen molar-refractivity contribution in [2.24, 2.45) is 0 Å². The Kier molecular flexibility index (Phi) is 4.48. The Bertz CT molecular complexity index is 690. The molecule has 122 valence electrons. The number of aliphatic hydroxyl groups is 1. The van der Waals surface area contributed by atoms with E-state index in [1.807, 2.05) is 31.2 Å². The van der Waals surface area contributed by atoms with Crippen LogP contribution in [-0.2, 0) is 6.42 Å². The number of anilines is 1. The predicted molar refractivity (Wildman–Crippen MR) is 89.9 cm³/mol. The van der Waals surface area contributed by atoms with E-state index in [1.54, 1.807) is 7.11 Å². The van der Waals surface area contributed by atoms with E-state index < -0.39 is 0 Å². The molecule has 2 atom stereocenters. The summed E-state index contributed by atoms with van der Waals surface area (Å²) in [5, 5.41) is 10.2. The SMILES string of the molecule is CCc1nc(C)cc(N2C[C@@H](O)C[C@H]2c2cccc(OC)c2)n1. The van der Waals surface area contributed by atoms with E-state index in [2.05, 4.69) is 27.9 Å². The molecule has 0 unspecified atom stereocenters. The highest BCUT2D eigenvalue weighted by atomic mass is 16.5. The van der Waals surface area contributed by atoms with Gasteiger partial charge in [-0.15, -0.1) is 0 Å². The molecule has 0 saturated carbocycles. The second kappa shape index (κ2) is 6.54. The lowest BCUT2D eigenvalue weighted by atomic mass is 10.0. The first-order chi connectivity index (χ1) is 11.1. The number of rotatable bonds is 4. The molecule has 0 spiro atoms. The molecule has 3 rings (SSSR count). The quantitative estimate of drug-likeness (QED) is 0.940. The van der Waals surface area contributed by atoms with Crippen molar-refractivity contribution in [1.82, 2.24) is 9.97 Å². The van der Waals surface area contributed by atoms with Crippen molar-refractivity contribution in [3.05, 3.63) is 47.4 Å². The molecule has 1 saturated heterocycles. The fourth-order valence-corrected chi connectivity index (χ4v) is 3.15. The van der Waals surface area contributed by atoms with Crippen LogP contribution in [0.5, 0.6) is 5.75 Å². The first kappa shape index (κ1) is 15.7. The molecule has 1 fully saturated rings. The second-order valence-electron chi connectivity index (χ2n) is 5.97. The van der Waals surface area contributed by atoms with Crippen LogP contribution in [0.15, 0.2) is 30.3 Å². The monoisotopic (exact) mass is 313 g/mol. The summed E-state index contributed by atoms with van der Waals surface area (Å²) in [6.07, 6.45) is 1.14. The summed E-state index contributed by atoms with van der Waals surface area (Å²) in [5.74, 6) is 2.56. The number of hydrogen-bond acceptors (Lipinski definition) is 5. The summed E-state index contributed by atoms with van der Waals surface area (Å²) >= 11 is 0. The number of nitrogens with zero attached hydrogens (tertiary/aromatic N) is 3. The van der Waals surface area contributed by atoms with Gasteiger partial charge in [-0.3, -0.25) is 0 Å². The van der Waals surface area contributed by atoms with E-state index in [0.717, 1.165) is 35.1 Å². The fraction of sp³-hybridized carbons (Fsp3) is 0.444. The van der Waals surface area contributed by atoms with Crippen LogP contribution >= 0.6 is 0 Å². The molecular formula is C18H23N3O2. The Balaban J connectivity index is 1.98. The van der Waals surface area contributed by atoms with Crippen LogP contribution in [0.4, 0.5) is 5.82 Å². The Morgan fingerprint density at radius 1 is 1.30 bits per heavy atom. The van der Waals surface area contributed by atoms with Crippen molar-refractivity contribution >= 4 is 5.82 Å². The van der Waals surface area contributed by atoms with Gasteiger partial charge in [0.05, 0.1) is 19.3 Å². The van der Waals surface area contributed by atoms with Crippen LogP contribution < -0.4 is 9.64 Å². The minimum absolute atomic E-state index is 0.0964. The molecule has 1 aliphatic rings. The Hall–Kier alpha value is -2.14. The Morgan fingerprint density at radius 3 is 2.87 bits per heavy atom. The third-order valence-corrected chi connectivity index (χ3v) is 4.26. The van der Waals surface area contributed by atoms with E-state index in [1.165, 1.54) is 0 Å². The summed E-state index contributed by atoms with van der Waals surface area (Å²) in [7, 11) is 1.67.